The summed E-state index contributed by atoms with van der Waals surface area (Å²) in [5, 5.41) is 0. The fourth-order valence-electron chi connectivity index (χ4n) is 0.544. The van der Waals surface area contributed by atoms with Gasteiger partial charge in [-0.25, -0.2) is 22.0 Å². The minimum absolute atomic E-state index is 0. The lowest BCUT2D eigenvalue weighted by Gasteiger charge is -1.96. The van der Waals surface area contributed by atoms with Crippen LogP contribution in [0.15, 0.2) is 6.07 Å². The van der Waals surface area contributed by atoms with E-state index in [2.05, 4.69) is 0 Å². The summed E-state index contributed by atoms with van der Waals surface area (Å²) in [5.41, 5.74) is 0. The molecule has 0 fully saturated rings. The molecule has 0 spiro atoms. The monoisotopic (exact) mass is 202 g/mol. The third-order valence-corrected chi connectivity index (χ3v) is 1.06. The van der Waals surface area contributed by atoms with Gasteiger partial charge in [0.25, 0.3) is 0 Å². The first-order valence-electron chi connectivity index (χ1n) is 2.52. The first-order valence-corrected chi connectivity index (χ1v) is 2.52. The Morgan fingerprint density at radius 1 is 0.667 bits per heavy atom. The molecule has 0 unspecified atom stereocenters. The Labute approximate surface area is 71.5 Å². The van der Waals surface area contributed by atoms with Gasteiger partial charge >= 0.3 is 0 Å². The molecule has 0 atom stereocenters. The Hall–Kier alpha value is -0.780. The van der Waals surface area contributed by atoms with Crippen LogP contribution >= 0.6 is 13.5 Å². The summed E-state index contributed by atoms with van der Waals surface area (Å²) in [5.74, 6) is -9.65. The van der Waals surface area contributed by atoms with Gasteiger partial charge < -0.3 is 0 Å². The van der Waals surface area contributed by atoms with E-state index in [1.807, 2.05) is 0 Å². The Balaban J connectivity index is 0.00000121. The van der Waals surface area contributed by atoms with Gasteiger partial charge in [-0.2, -0.15) is 13.5 Å². The number of hydrogen-bond acceptors (Lipinski definition) is 0. The van der Waals surface area contributed by atoms with E-state index >= 15 is 0 Å². The van der Waals surface area contributed by atoms with Crippen molar-refractivity contribution in [3.8, 4) is 0 Å². The highest BCUT2D eigenvalue weighted by atomic mass is 32.1. The Kier molecular flexibility index (Phi) is 3.51. The zero-order valence-electron chi connectivity index (χ0n) is 5.47. The van der Waals surface area contributed by atoms with E-state index < -0.39 is 29.1 Å². The minimum atomic E-state index is -2.14. The van der Waals surface area contributed by atoms with Crippen molar-refractivity contribution in [2.24, 2.45) is 0 Å². The van der Waals surface area contributed by atoms with Crippen LogP contribution in [0.1, 0.15) is 0 Å². The van der Waals surface area contributed by atoms with E-state index in [0.29, 0.717) is 0 Å². The maximum absolute atomic E-state index is 12.0. The van der Waals surface area contributed by atoms with E-state index in [-0.39, 0.29) is 19.6 Å². The molecule has 1 aromatic carbocycles. The summed E-state index contributed by atoms with van der Waals surface area (Å²) in [4.78, 5) is 0. The first-order chi connectivity index (χ1) is 5.04. The first kappa shape index (κ1) is 11.2. The number of hydrogen-bond donors (Lipinski definition) is 0. The molecule has 12 heavy (non-hydrogen) atoms. The maximum Gasteiger partial charge on any atom is 0.200 e. The van der Waals surface area contributed by atoms with Crippen molar-refractivity contribution in [2.45, 2.75) is 0 Å². The quantitative estimate of drug-likeness (QED) is 0.344. The van der Waals surface area contributed by atoms with E-state index in [1.165, 1.54) is 0 Å². The topological polar surface area (TPSA) is 0 Å². The van der Waals surface area contributed by atoms with Gasteiger partial charge in [-0.15, -0.1) is 0 Å². The van der Waals surface area contributed by atoms with Crippen LogP contribution in [0.5, 0.6) is 0 Å². The molecule has 0 saturated carbocycles. The Morgan fingerprint density at radius 3 is 1.33 bits per heavy atom. The molecule has 0 saturated heterocycles. The van der Waals surface area contributed by atoms with Gasteiger partial charge in [0.05, 0.1) is 0 Å². The summed E-state index contributed by atoms with van der Waals surface area (Å²) in [6.45, 7) is 0. The van der Waals surface area contributed by atoms with Crippen molar-refractivity contribution in [1.29, 1.82) is 0 Å². The van der Waals surface area contributed by atoms with Gasteiger partial charge in [-0.05, 0) is 0 Å². The standard InChI is InChI=1S/C6HF5.H2S/c7-2-1-3(8)5(10)6(11)4(2)9;/h1H;1H2. The molecule has 68 valence electrons. The second kappa shape index (κ2) is 3.75. The van der Waals surface area contributed by atoms with E-state index in [4.69, 9.17) is 0 Å². The molecule has 1 aromatic rings. The predicted octanol–water partition coefficient (Wildman–Crippen LogP) is 2.49. The highest BCUT2D eigenvalue weighted by molar-refractivity contribution is 7.59. The molecule has 0 N–H and O–H groups in total. The average Bonchev–Trinajstić information content (AvgIpc) is 1.97. The normalized spacial score (nSPS) is 9.42. The zero-order chi connectivity index (χ0) is 8.59. The Bertz CT molecular complexity index is 272. The zero-order valence-corrected chi connectivity index (χ0v) is 6.47. The fraction of sp³-hybridized carbons (Fsp3) is 0. The fourth-order valence-corrected chi connectivity index (χ4v) is 0.544. The molecule has 0 nitrogen and oxygen atoms in total. The van der Waals surface area contributed by atoms with E-state index in [9.17, 15) is 22.0 Å². The van der Waals surface area contributed by atoms with Gasteiger partial charge in [0.15, 0.2) is 23.3 Å². The Morgan fingerprint density at radius 2 is 1.00 bits per heavy atom. The highest BCUT2D eigenvalue weighted by Crippen LogP contribution is 2.16. The molecule has 1 rings (SSSR count). The third kappa shape index (κ3) is 1.69. The van der Waals surface area contributed by atoms with Crippen molar-refractivity contribution >= 4 is 13.5 Å². The van der Waals surface area contributed by atoms with Crippen LogP contribution < -0.4 is 0 Å². The van der Waals surface area contributed by atoms with Gasteiger partial charge in [-0.1, -0.05) is 0 Å². The molecule has 0 aromatic heterocycles. The number of benzene rings is 1. The van der Waals surface area contributed by atoms with Gasteiger partial charge in [-0.3, -0.25) is 0 Å². The number of halogens is 5. The van der Waals surface area contributed by atoms with Crippen molar-refractivity contribution in [3.63, 3.8) is 0 Å². The summed E-state index contributed by atoms with van der Waals surface area (Å²) in [7, 11) is 0. The van der Waals surface area contributed by atoms with Crippen molar-refractivity contribution in [3.05, 3.63) is 35.2 Å². The molecule has 0 aliphatic carbocycles. The van der Waals surface area contributed by atoms with Crippen LogP contribution in [0.4, 0.5) is 22.0 Å². The smallest absolute Gasteiger partial charge is 0.200 e. The SMILES string of the molecule is Fc1cc(F)c(F)c(F)c1F.S. The molecule has 0 aliphatic rings. The molecule has 6 heteroatoms. The third-order valence-electron chi connectivity index (χ3n) is 1.06. The molecular formula is C6H3F5S. The average molecular weight is 202 g/mol. The van der Waals surface area contributed by atoms with Crippen LogP contribution in [0.25, 0.3) is 0 Å². The van der Waals surface area contributed by atoms with Crippen LogP contribution in [0, 0.1) is 29.1 Å². The van der Waals surface area contributed by atoms with Crippen molar-refractivity contribution in [2.75, 3.05) is 0 Å². The van der Waals surface area contributed by atoms with Crippen LogP contribution in [-0.2, 0) is 0 Å². The predicted molar refractivity (Wildman–Crippen MR) is 36.6 cm³/mol. The van der Waals surface area contributed by atoms with Gasteiger partial charge in [0.1, 0.15) is 0 Å². The van der Waals surface area contributed by atoms with E-state index in [0.717, 1.165) is 0 Å². The van der Waals surface area contributed by atoms with Crippen molar-refractivity contribution < 1.29 is 22.0 Å². The molecule has 0 radical (unpaired) electrons. The summed E-state index contributed by atoms with van der Waals surface area (Å²) in [6, 6.07) is -0.0618. The largest absolute Gasteiger partial charge is 0.204 e. The minimum Gasteiger partial charge on any atom is -0.204 e. The van der Waals surface area contributed by atoms with Gasteiger partial charge in [0.2, 0.25) is 5.82 Å². The molecular weight excluding hydrogens is 199 g/mol. The van der Waals surface area contributed by atoms with Crippen LogP contribution in [0.3, 0.4) is 0 Å². The summed E-state index contributed by atoms with van der Waals surface area (Å²) >= 11 is 0. The number of rotatable bonds is 0. The van der Waals surface area contributed by atoms with Crippen molar-refractivity contribution in [1.82, 2.24) is 0 Å². The maximum atomic E-state index is 12.0. The lowest BCUT2D eigenvalue weighted by molar-refractivity contribution is 0.378. The van der Waals surface area contributed by atoms with Crippen LogP contribution in [-0.4, -0.2) is 0 Å². The molecule has 0 aliphatic heterocycles. The van der Waals surface area contributed by atoms with Gasteiger partial charge in [0, 0.05) is 6.07 Å². The van der Waals surface area contributed by atoms with E-state index in [1.54, 1.807) is 0 Å². The van der Waals surface area contributed by atoms with Crippen LogP contribution in [0.2, 0.25) is 0 Å². The second-order valence-corrected chi connectivity index (χ2v) is 1.78. The summed E-state index contributed by atoms with van der Waals surface area (Å²) < 4.78 is 60.0. The highest BCUT2D eigenvalue weighted by Gasteiger charge is 2.18. The second-order valence-electron chi connectivity index (χ2n) is 1.78. The molecule has 0 bridgehead atoms. The lowest BCUT2D eigenvalue weighted by atomic mass is 10.3. The summed E-state index contributed by atoms with van der Waals surface area (Å²) in [6.07, 6.45) is 0. The molecule has 0 heterocycles. The molecule has 0 amide bonds. The lowest BCUT2D eigenvalue weighted by Crippen LogP contribution is -1.98.